The molecule has 21 heavy (non-hydrogen) atoms. The van der Waals surface area contributed by atoms with Crippen LogP contribution in [0.3, 0.4) is 0 Å². The molecule has 2 unspecified atom stereocenters. The standard InChI is InChI=1S/C17H28N2O2/c1-12(2)15(13-9-7-6-8-10-13)14(11-18)19-16(20)21-17(3,4)5/h6-10,12,14-15H,11,18H2,1-5H3,(H,19,20). The summed E-state index contributed by atoms with van der Waals surface area (Å²) >= 11 is 0. The Morgan fingerprint density at radius 2 is 1.81 bits per heavy atom. The van der Waals surface area contributed by atoms with Gasteiger partial charge in [-0.2, -0.15) is 0 Å². The molecule has 0 aliphatic heterocycles. The predicted molar refractivity (Wildman–Crippen MR) is 86.2 cm³/mol. The van der Waals surface area contributed by atoms with E-state index < -0.39 is 11.7 Å². The van der Waals surface area contributed by atoms with Crippen molar-refractivity contribution in [2.45, 2.75) is 52.2 Å². The maximum Gasteiger partial charge on any atom is 0.407 e. The van der Waals surface area contributed by atoms with Crippen molar-refractivity contribution in [2.24, 2.45) is 11.7 Å². The van der Waals surface area contributed by atoms with Crippen LogP contribution in [0.4, 0.5) is 4.79 Å². The number of carbonyl (C=O) groups is 1. The van der Waals surface area contributed by atoms with Gasteiger partial charge in [-0.1, -0.05) is 44.2 Å². The van der Waals surface area contributed by atoms with Gasteiger partial charge < -0.3 is 15.8 Å². The summed E-state index contributed by atoms with van der Waals surface area (Å²) in [6.07, 6.45) is -0.417. The van der Waals surface area contributed by atoms with Gasteiger partial charge in [0.05, 0.1) is 6.04 Å². The quantitative estimate of drug-likeness (QED) is 0.875. The Hall–Kier alpha value is -1.55. The molecule has 0 radical (unpaired) electrons. The molecule has 1 aromatic carbocycles. The summed E-state index contributed by atoms with van der Waals surface area (Å²) in [5.74, 6) is 0.514. The van der Waals surface area contributed by atoms with Crippen LogP contribution in [0.5, 0.6) is 0 Å². The van der Waals surface area contributed by atoms with Gasteiger partial charge >= 0.3 is 6.09 Å². The monoisotopic (exact) mass is 292 g/mol. The van der Waals surface area contributed by atoms with Crippen LogP contribution in [-0.4, -0.2) is 24.3 Å². The first-order valence-corrected chi connectivity index (χ1v) is 7.49. The Balaban J connectivity index is 2.87. The van der Waals surface area contributed by atoms with Crippen molar-refractivity contribution >= 4 is 6.09 Å². The molecular formula is C17H28N2O2. The van der Waals surface area contributed by atoms with E-state index in [2.05, 4.69) is 31.3 Å². The van der Waals surface area contributed by atoms with E-state index in [1.54, 1.807) is 0 Å². The van der Waals surface area contributed by atoms with Gasteiger partial charge in [0, 0.05) is 12.5 Å². The molecule has 0 heterocycles. The number of amides is 1. The molecular weight excluding hydrogens is 264 g/mol. The lowest BCUT2D eigenvalue weighted by atomic mass is 9.82. The van der Waals surface area contributed by atoms with Crippen LogP contribution in [0.2, 0.25) is 0 Å². The summed E-state index contributed by atoms with van der Waals surface area (Å²) in [4.78, 5) is 12.0. The second-order valence-electron chi connectivity index (χ2n) is 6.67. The summed E-state index contributed by atoms with van der Waals surface area (Å²) < 4.78 is 5.33. The van der Waals surface area contributed by atoms with E-state index in [0.29, 0.717) is 12.5 Å². The highest BCUT2D eigenvalue weighted by Gasteiger charge is 2.28. The number of nitrogens with one attached hydrogen (secondary N) is 1. The molecule has 1 amide bonds. The fraction of sp³-hybridized carbons (Fsp3) is 0.588. The van der Waals surface area contributed by atoms with Crippen LogP contribution >= 0.6 is 0 Å². The largest absolute Gasteiger partial charge is 0.444 e. The van der Waals surface area contributed by atoms with Crippen molar-refractivity contribution < 1.29 is 9.53 Å². The van der Waals surface area contributed by atoms with Crippen LogP contribution in [-0.2, 0) is 4.74 Å². The highest BCUT2D eigenvalue weighted by atomic mass is 16.6. The van der Waals surface area contributed by atoms with Gasteiger partial charge in [-0.05, 0) is 32.3 Å². The normalized spacial score (nSPS) is 14.6. The van der Waals surface area contributed by atoms with Gasteiger partial charge in [-0.15, -0.1) is 0 Å². The fourth-order valence-electron chi connectivity index (χ4n) is 2.51. The van der Waals surface area contributed by atoms with Crippen LogP contribution in [0.1, 0.15) is 46.1 Å². The number of alkyl carbamates (subject to hydrolysis) is 1. The summed E-state index contributed by atoms with van der Waals surface area (Å²) in [7, 11) is 0. The summed E-state index contributed by atoms with van der Waals surface area (Å²) in [5.41, 5.74) is 6.56. The van der Waals surface area contributed by atoms with E-state index in [0.717, 1.165) is 0 Å². The SMILES string of the molecule is CC(C)C(c1ccccc1)C(CN)NC(=O)OC(C)(C)C. The molecule has 0 saturated carbocycles. The summed E-state index contributed by atoms with van der Waals surface area (Å²) in [6, 6.07) is 9.99. The summed E-state index contributed by atoms with van der Waals surface area (Å²) in [5, 5.41) is 2.92. The highest BCUT2D eigenvalue weighted by molar-refractivity contribution is 5.68. The number of hydrogen-bond donors (Lipinski definition) is 2. The zero-order valence-electron chi connectivity index (χ0n) is 13.7. The first-order valence-electron chi connectivity index (χ1n) is 7.49. The van der Waals surface area contributed by atoms with Crippen LogP contribution in [0, 0.1) is 5.92 Å². The van der Waals surface area contributed by atoms with Crippen molar-refractivity contribution in [1.29, 1.82) is 0 Å². The van der Waals surface area contributed by atoms with Crippen molar-refractivity contribution in [3.8, 4) is 0 Å². The molecule has 118 valence electrons. The number of hydrogen-bond acceptors (Lipinski definition) is 3. The van der Waals surface area contributed by atoms with Gasteiger partial charge in [0.15, 0.2) is 0 Å². The van der Waals surface area contributed by atoms with E-state index in [-0.39, 0.29) is 12.0 Å². The Morgan fingerprint density at radius 3 is 2.24 bits per heavy atom. The molecule has 1 aromatic rings. The molecule has 0 bridgehead atoms. The average Bonchev–Trinajstić information content (AvgIpc) is 2.36. The minimum atomic E-state index is -0.511. The van der Waals surface area contributed by atoms with Gasteiger partial charge in [0.1, 0.15) is 5.60 Å². The molecule has 0 spiro atoms. The van der Waals surface area contributed by atoms with Gasteiger partial charge in [0.2, 0.25) is 0 Å². The molecule has 0 aliphatic carbocycles. The molecule has 2 atom stereocenters. The topological polar surface area (TPSA) is 64.3 Å². The molecule has 4 nitrogen and oxygen atoms in total. The van der Waals surface area contributed by atoms with E-state index in [1.807, 2.05) is 39.0 Å². The number of ether oxygens (including phenoxy) is 1. The van der Waals surface area contributed by atoms with E-state index in [4.69, 9.17) is 10.5 Å². The molecule has 0 aromatic heterocycles. The lowest BCUT2D eigenvalue weighted by molar-refractivity contribution is 0.0493. The number of nitrogens with two attached hydrogens (primary N) is 1. The van der Waals surface area contributed by atoms with E-state index >= 15 is 0 Å². The van der Waals surface area contributed by atoms with Crippen molar-refractivity contribution in [3.05, 3.63) is 35.9 Å². The molecule has 0 aliphatic rings. The Labute approximate surface area is 128 Å². The zero-order valence-corrected chi connectivity index (χ0v) is 13.7. The third kappa shape index (κ3) is 5.76. The third-order valence-electron chi connectivity index (χ3n) is 3.29. The lowest BCUT2D eigenvalue weighted by Gasteiger charge is -2.31. The molecule has 4 heteroatoms. The summed E-state index contributed by atoms with van der Waals surface area (Å²) in [6.45, 7) is 10.2. The van der Waals surface area contributed by atoms with Crippen molar-refractivity contribution in [2.75, 3.05) is 6.54 Å². The lowest BCUT2D eigenvalue weighted by Crippen LogP contribution is -2.47. The number of benzene rings is 1. The third-order valence-corrected chi connectivity index (χ3v) is 3.29. The minimum absolute atomic E-state index is 0.151. The molecule has 0 fully saturated rings. The first-order chi connectivity index (χ1) is 9.74. The van der Waals surface area contributed by atoms with Gasteiger partial charge in [0.25, 0.3) is 0 Å². The molecule has 3 N–H and O–H groups in total. The zero-order chi connectivity index (χ0) is 16.0. The highest BCUT2D eigenvalue weighted by Crippen LogP contribution is 2.27. The second-order valence-corrected chi connectivity index (χ2v) is 6.67. The fourth-order valence-corrected chi connectivity index (χ4v) is 2.51. The van der Waals surface area contributed by atoms with Crippen molar-refractivity contribution in [1.82, 2.24) is 5.32 Å². The Kier molecular flexibility index (Phi) is 6.21. The van der Waals surface area contributed by atoms with Crippen LogP contribution in [0.25, 0.3) is 0 Å². The maximum absolute atomic E-state index is 12.0. The second kappa shape index (κ2) is 7.46. The first kappa shape index (κ1) is 17.5. The van der Waals surface area contributed by atoms with Crippen molar-refractivity contribution in [3.63, 3.8) is 0 Å². The average molecular weight is 292 g/mol. The van der Waals surface area contributed by atoms with Gasteiger partial charge in [-0.25, -0.2) is 4.79 Å². The molecule has 1 rings (SSSR count). The Morgan fingerprint density at radius 1 is 1.24 bits per heavy atom. The van der Waals surface area contributed by atoms with Crippen LogP contribution < -0.4 is 11.1 Å². The van der Waals surface area contributed by atoms with E-state index in [1.165, 1.54) is 5.56 Å². The predicted octanol–water partition coefficient (Wildman–Crippen LogP) is 3.28. The van der Waals surface area contributed by atoms with Gasteiger partial charge in [-0.3, -0.25) is 0 Å². The maximum atomic E-state index is 12.0. The van der Waals surface area contributed by atoms with E-state index in [9.17, 15) is 4.79 Å². The Bertz CT molecular complexity index is 438. The minimum Gasteiger partial charge on any atom is -0.444 e. The number of rotatable bonds is 5. The molecule has 0 saturated heterocycles. The number of carbonyl (C=O) groups excluding carboxylic acids is 1. The van der Waals surface area contributed by atoms with Crippen LogP contribution in [0.15, 0.2) is 30.3 Å². The smallest absolute Gasteiger partial charge is 0.407 e.